The molecule has 0 saturated carbocycles. The number of amides is 3. The first-order valence-electron chi connectivity index (χ1n) is 9.42. The Morgan fingerprint density at radius 3 is 2.23 bits per heavy atom. The summed E-state index contributed by atoms with van der Waals surface area (Å²) < 4.78 is 4.97. The third kappa shape index (κ3) is 4.12. The average Bonchev–Trinajstić information content (AvgIpc) is 2.75. The van der Waals surface area contributed by atoms with Crippen LogP contribution >= 0.6 is 0 Å². The summed E-state index contributed by atoms with van der Waals surface area (Å²) in [6, 6.07) is 9.83. The van der Waals surface area contributed by atoms with Crippen molar-refractivity contribution in [1.29, 1.82) is 0 Å². The van der Waals surface area contributed by atoms with Crippen LogP contribution in [0.25, 0.3) is 0 Å². The fourth-order valence-electron chi connectivity index (χ4n) is 3.05. The van der Waals surface area contributed by atoms with E-state index in [2.05, 4.69) is 10.6 Å². The number of hydrogen-bond acceptors (Lipinski definition) is 6. The molecule has 1 aliphatic carbocycles. The molecule has 0 heterocycles. The molecule has 0 fully saturated rings. The molecule has 2 aromatic carbocycles. The van der Waals surface area contributed by atoms with Crippen molar-refractivity contribution in [3.63, 3.8) is 0 Å². The van der Waals surface area contributed by atoms with Gasteiger partial charge in [-0.3, -0.25) is 19.7 Å². The maximum absolute atomic E-state index is 12.9. The number of carbonyl (C=O) groups excluding carboxylic acids is 5. The maximum atomic E-state index is 12.9. The van der Waals surface area contributed by atoms with E-state index in [0.717, 1.165) is 0 Å². The number of ether oxygens (including phenoxy) is 1. The van der Waals surface area contributed by atoms with Crippen LogP contribution in [0, 0.1) is 0 Å². The summed E-state index contributed by atoms with van der Waals surface area (Å²) in [4.78, 5) is 61.7. The fourth-order valence-corrected chi connectivity index (χ4v) is 3.05. The second-order valence-electron chi connectivity index (χ2n) is 6.84. The second kappa shape index (κ2) is 8.69. The standard InChI is InChI=1S/C22H20N2O6/c1-3-12(2)23-22(29)24-17(25)11-30-21(28)16-10-6-9-15-18(16)20(27)14-8-5-4-7-13(14)19(15)26/h4-10,12H,3,11H2,1-2H3,(H2,23,24,25,29)/t12-/m1/s1. The van der Waals surface area contributed by atoms with Crippen molar-refractivity contribution in [2.75, 3.05) is 6.61 Å². The van der Waals surface area contributed by atoms with Crippen LogP contribution in [0.2, 0.25) is 0 Å². The van der Waals surface area contributed by atoms with Gasteiger partial charge in [0.1, 0.15) is 0 Å². The summed E-state index contributed by atoms with van der Waals surface area (Å²) in [5.74, 6) is -2.59. The predicted octanol–water partition coefficient (Wildman–Crippen LogP) is 2.24. The summed E-state index contributed by atoms with van der Waals surface area (Å²) in [5, 5.41) is 4.60. The number of rotatable bonds is 5. The highest BCUT2D eigenvalue weighted by Gasteiger charge is 2.33. The van der Waals surface area contributed by atoms with Crippen LogP contribution in [0.4, 0.5) is 4.79 Å². The smallest absolute Gasteiger partial charge is 0.339 e. The van der Waals surface area contributed by atoms with Gasteiger partial charge in [-0.2, -0.15) is 0 Å². The highest BCUT2D eigenvalue weighted by atomic mass is 16.5. The van der Waals surface area contributed by atoms with Gasteiger partial charge in [-0.05, 0) is 19.4 Å². The average molecular weight is 408 g/mol. The van der Waals surface area contributed by atoms with Gasteiger partial charge in [0.2, 0.25) is 0 Å². The van der Waals surface area contributed by atoms with Gasteiger partial charge in [0.25, 0.3) is 5.91 Å². The number of urea groups is 1. The molecule has 154 valence electrons. The maximum Gasteiger partial charge on any atom is 0.339 e. The summed E-state index contributed by atoms with van der Waals surface area (Å²) in [6.07, 6.45) is 0.686. The second-order valence-corrected chi connectivity index (χ2v) is 6.84. The first-order valence-corrected chi connectivity index (χ1v) is 9.42. The van der Waals surface area contributed by atoms with Crippen molar-refractivity contribution in [2.45, 2.75) is 26.3 Å². The molecular weight excluding hydrogens is 388 g/mol. The van der Waals surface area contributed by atoms with Crippen LogP contribution < -0.4 is 10.6 Å². The molecule has 0 saturated heterocycles. The van der Waals surface area contributed by atoms with Crippen LogP contribution in [0.5, 0.6) is 0 Å². The quantitative estimate of drug-likeness (QED) is 0.625. The molecule has 0 spiro atoms. The molecule has 0 bridgehead atoms. The van der Waals surface area contributed by atoms with Crippen LogP contribution in [0.1, 0.15) is 62.5 Å². The van der Waals surface area contributed by atoms with Crippen LogP contribution in [-0.2, 0) is 9.53 Å². The summed E-state index contributed by atoms with van der Waals surface area (Å²) in [6.45, 7) is 2.94. The van der Waals surface area contributed by atoms with E-state index in [4.69, 9.17) is 4.74 Å². The lowest BCUT2D eigenvalue weighted by Gasteiger charge is -2.19. The van der Waals surface area contributed by atoms with Gasteiger partial charge >= 0.3 is 12.0 Å². The lowest BCUT2D eigenvalue weighted by atomic mass is 9.82. The number of ketones is 2. The molecule has 2 aromatic rings. The monoisotopic (exact) mass is 408 g/mol. The van der Waals surface area contributed by atoms with Gasteiger partial charge in [-0.1, -0.05) is 43.3 Å². The summed E-state index contributed by atoms with van der Waals surface area (Å²) in [7, 11) is 0. The van der Waals surface area contributed by atoms with Gasteiger partial charge in [-0.25, -0.2) is 9.59 Å². The normalized spacial score (nSPS) is 13.0. The minimum Gasteiger partial charge on any atom is -0.452 e. The van der Waals surface area contributed by atoms with E-state index in [0.29, 0.717) is 6.42 Å². The SMILES string of the molecule is CC[C@@H](C)NC(=O)NC(=O)COC(=O)c1cccc2c1C(=O)c1ccccc1C2=O. The lowest BCUT2D eigenvalue weighted by molar-refractivity contribution is -0.123. The molecule has 8 nitrogen and oxygen atoms in total. The Labute approximate surface area is 172 Å². The molecule has 0 unspecified atom stereocenters. The molecule has 1 atom stereocenters. The number of fused-ring (bicyclic) bond motifs is 2. The Bertz CT molecular complexity index is 1060. The van der Waals surface area contributed by atoms with Crippen molar-refractivity contribution in [3.05, 3.63) is 70.3 Å². The molecule has 3 amide bonds. The Morgan fingerprint density at radius 1 is 0.933 bits per heavy atom. The molecule has 0 radical (unpaired) electrons. The number of imide groups is 1. The van der Waals surface area contributed by atoms with Gasteiger partial charge in [0.05, 0.1) is 5.56 Å². The summed E-state index contributed by atoms with van der Waals surface area (Å²) >= 11 is 0. The first kappa shape index (κ1) is 20.9. The third-order valence-corrected chi connectivity index (χ3v) is 4.75. The Morgan fingerprint density at radius 2 is 1.57 bits per heavy atom. The minimum absolute atomic E-state index is 0.0545. The van der Waals surface area contributed by atoms with Crippen LogP contribution in [0.3, 0.4) is 0 Å². The highest BCUT2D eigenvalue weighted by Crippen LogP contribution is 2.29. The molecule has 2 N–H and O–H groups in total. The molecule has 0 aromatic heterocycles. The Hall–Kier alpha value is -3.81. The van der Waals surface area contributed by atoms with Gasteiger partial charge in [0.15, 0.2) is 18.2 Å². The zero-order chi connectivity index (χ0) is 21.8. The predicted molar refractivity (Wildman–Crippen MR) is 106 cm³/mol. The largest absolute Gasteiger partial charge is 0.452 e. The van der Waals surface area contributed by atoms with E-state index in [1.165, 1.54) is 24.3 Å². The van der Waals surface area contributed by atoms with Gasteiger partial charge < -0.3 is 10.1 Å². The Balaban J connectivity index is 1.74. The molecule has 0 aliphatic heterocycles. The number of benzene rings is 2. The van der Waals surface area contributed by atoms with Crippen molar-refractivity contribution in [1.82, 2.24) is 10.6 Å². The molecule has 30 heavy (non-hydrogen) atoms. The van der Waals surface area contributed by atoms with Crippen molar-refractivity contribution < 1.29 is 28.7 Å². The van der Waals surface area contributed by atoms with E-state index in [9.17, 15) is 24.0 Å². The van der Waals surface area contributed by atoms with Crippen molar-refractivity contribution in [3.8, 4) is 0 Å². The van der Waals surface area contributed by atoms with E-state index in [1.54, 1.807) is 25.1 Å². The van der Waals surface area contributed by atoms with Gasteiger partial charge in [0, 0.05) is 28.3 Å². The zero-order valence-corrected chi connectivity index (χ0v) is 16.5. The zero-order valence-electron chi connectivity index (χ0n) is 16.5. The van der Waals surface area contributed by atoms with E-state index in [-0.39, 0.29) is 39.6 Å². The van der Waals surface area contributed by atoms with E-state index < -0.39 is 30.3 Å². The topological polar surface area (TPSA) is 119 Å². The van der Waals surface area contributed by atoms with E-state index >= 15 is 0 Å². The van der Waals surface area contributed by atoms with Crippen molar-refractivity contribution >= 4 is 29.5 Å². The minimum atomic E-state index is -0.940. The van der Waals surface area contributed by atoms with E-state index in [1.807, 2.05) is 6.92 Å². The highest BCUT2D eigenvalue weighted by molar-refractivity contribution is 6.30. The number of esters is 1. The van der Waals surface area contributed by atoms with Crippen molar-refractivity contribution in [2.24, 2.45) is 0 Å². The Kier molecular flexibility index (Phi) is 6.06. The third-order valence-electron chi connectivity index (χ3n) is 4.75. The lowest BCUT2D eigenvalue weighted by Crippen LogP contribution is -2.44. The number of hydrogen-bond donors (Lipinski definition) is 2. The molecule has 3 rings (SSSR count). The number of nitrogens with one attached hydrogen (secondary N) is 2. The van der Waals surface area contributed by atoms with Crippen LogP contribution in [-0.4, -0.2) is 42.1 Å². The number of carbonyl (C=O) groups is 5. The fraction of sp³-hybridized carbons (Fsp3) is 0.227. The molecule has 8 heteroatoms. The van der Waals surface area contributed by atoms with Crippen LogP contribution in [0.15, 0.2) is 42.5 Å². The summed E-state index contributed by atoms with van der Waals surface area (Å²) in [5.41, 5.74) is 0.408. The first-order chi connectivity index (χ1) is 14.3. The molecule has 1 aliphatic rings. The van der Waals surface area contributed by atoms with Gasteiger partial charge in [-0.15, -0.1) is 0 Å². The molecular formula is C22H20N2O6.